The van der Waals surface area contributed by atoms with Gasteiger partial charge in [0.25, 0.3) is 0 Å². The van der Waals surface area contributed by atoms with Crippen molar-refractivity contribution in [3.63, 3.8) is 0 Å². The van der Waals surface area contributed by atoms with E-state index in [1.165, 1.54) is 18.5 Å². The van der Waals surface area contributed by atoms with E-state index in [-0.39, 0.29) is 0 Å². The second-order valence-corrected chi connectivity index (χ2v) is 4.20. The van der Waals surface area contributed by atoms with Gasteiger partial charge < -0.3 is 10.1 Å². The van der Waals surface area contributed by atoms with E-state index in [1.807, 2.05) is 12.1 Å². The Labute approximate surface area is 91.6 Å². The normalized spacial score (nSPS) is 15.0. The lowest BCUT2D eigenvalue weighted by molar-refractivity contribution is 0.317. The van der Waals surface area contributed by atoms with Crippen LogP contribution in [0.5, 0.6) is 5.75 Å². The summed E-state index contributed by atoms with van der Waals surface area (Å²) in [4.78, 5) is 0. The zero-order chi connectivity index (χ0) is 10.5. The largest absolute Gasteiger partial charge is 0.494 e. The summed E-state index contributed by atoms with van der Waals surface area (Å²) in [5.74, 6) is 1.88. The second kappa shape index (κ2) is 5.06. The van der Waals surface area contributed by atoms with Crippen LogP contribution in [-0.4, -0.2) is 13.2 Å². The molecule has 2 heteroatoms. The third kappa shape index (κ3) is 3.46. The van der Waals surface area contributed by atoms with Crippen molar-refractivity contribution < 1.29 is 4.74 Å². The lowest BCUT2D eigenvalue weighted by atomic mass is 10.3. The van der Waals surface area contributed by atoms with Crippen molar-refractivity contribution in [1.29, 1.82) is 0 Å². The van der Waals surface area contributed by atoms with Crippen LogP contribution in [0.3, 0.4) is 0 Å². The highest BCUT2D eigenvalue weighted by molar-refractivity contribution is 5.46. The third-order valence-corrected chi connectivity index (χ3v) is 2.62. The van der Waals surface area contributed by atoms with Crippen molar-refractivity contribution in [3.8, 4) is 5.75 Å². The molecule has 1 aliphatic rings. The van der Waals surface area contributed by atoms with E-state index in [0.717, 1.165) is 31.2 Å². The van der Waals surface area contributed by atoms with Crippen LogP contribution in [0.15, 0.2) is 24.3 Å². The molecule has 0 bridgehead atoms. The summed E-state index contributed by atoms with van der Waals surface area (Å²) in [6.07, 6.45) is 3.84. The van der Waals surface area contributed by atoms with Crippen molar-refractivity contribution in [2.24, 2.45) is 5.92 Å². The minimum atomic E-state index is 0.800. The summed E-state index contributed by atoms with van der Waals surface area (Å²) in [5, 5.41) is 3.43. The first-order valence-electron chi connectivity index (χ1n) is 5.85. The molecular formula is C13H19NO. The van der Waals surface area contributed by atoms with Crippen molar-refractivity contribution in [3.05, 3.63) is 24.3 Å². The number of anilines is 1. The number of rotatable bonds is 6. The molecule has 1 saturated carbocycles. The standard InChI is InChI=1S/C13H19NO/c1-2-9-15-13-7-5-12(6-8-13)14-10-11-3-4-11/h5-8,11,14H,2-4,9-10H2,1H3. The summed E-state index contributed by atoms with van der Waals surface area (Å²) in [7, 11) is 0. The van der Waals surface area contributed by atoms with Crippen LogP contribution in [0.1, 0.15) is 26.2 Å². The summed E-state index contributed by atoms with van der Waals surface area (Å²) in [6.45, 7) is 4.04. The van der Waals surface area contributed by atoms with Crippen molar-refractivity contribution in [2.75, 3.05) is 18.5 Å². The highest BCUT2D eigenvalue weighted by atomic mass is 16.5. The van der Waals surface area contributed by atoms with E-state index in [0.29, 0.717) is 0 Å². The zero-order valence-electron chi connectivity index (χ0n) is 9.33. The van der Waals surface area contributed by atoms with Gasteiger partial charge in [-0.3, -0.25) is 0 Å². The number of nitrogens with one attached hydrogen (secondary N) is 1. The number of hydrogen-bond acceptors (Lipinski definition) is 2. The Morgan fingerprint density at radius 2 is 2.00 bits per heavy atom. The Morgan fingerprint density at radius 1 is 1.27 bits per heavy atom. The van der Waals surface area contributed by atoms with Crippen LogP contribution in [0.25, 0.3) is 0 Å². The highest BCUT2D eigenvalue weighted by Crippen LogP contribution is 2.29. The van der Waals surface area contributed by atoms with Gasteiger partial charge in [-0.2, -0.15) is 0 Å². The van der Waals surface area contributed by atoms with Crippen molar-refractivity contribution in [2.45, 2.75) is 26.2 Å². The van der Waals surface area contributed by atoms with Crippen LogP contribution < -0.4 is 10.1 Å². The molecule has 0 aromatic heterocycles. The Bertz CT molecular complexity index is 290. The molecule has 0 radical (unpaired) electrons. The molecule has 1 aromatic carbocycles. The summed E-state index contributed by atoms with van der Waals surface area (Å²) in [6, 6.07) is 8.25. The van der Waals surface area contributed by atoms with Gasteiger partial charge in [0.1, 0.15) is 5.75 Å². The number of benzene rings is 1. The van der Waals surface area contributed by atoms with Gasteiger partial charge >= 0.3 is 0 Å². The van der Waals surface area contributed by atoms with E-state index in [2.05, 4.69) is 24.4 Å². The molecular weight excluding hydrogens is 186 g/mol. The molecule has 2 rings (SSSR count). The van der Waals surface area contributed by atoms with Gasteiger partial charge in [-0.25, -0.2) is 0 Å². The highest BCUT2D eigenvalue weighted by Gasteiger charge is 2.20. The van der Waals surface area contributed by atoms with Crippen LogP contribution in [0.4, 0.5) is 5.69 Å². The van der Waals surface area contributed by atoms with Gasteiger partial charge in [-0.05, 0) is 49.4 Å². The minimum absolute atomic E-state index is 0.800. The van der Waals surface area contributed by atoms with Gasteiger partial charge in [0.15, 0.2) is 0 Å². The van der Waals surface area contributed by atoms with E-state index < -0.39 is 0 Å². The van der Waals surface area contributed by atoms with Gasteiger partial charge in [-0.15, -0.1) is 0 Å². The van der Waals surface area contributed by atoms with Gasteiger partial charge in [0.05, 0.1) is 6.61 Å². The number of ether oxygens (including phenoxy) is 1. The molecule has 0 amide bonds. The molecule has 82 valence electrons. The van der Waals surface area contributed by atoms with Gasteiger partial charge in [0, 0.05) is 12.2 Å². The SMILES string of the molecule is CCCOc1ccc(NCC2CC2)cc1. The lowest BCUT2D eigenvalue weighted by Crippen LogP contribution is -2.02. The van der Waals surface area contributed by atoms with Crippen LogP contribution in [-0.2, 0) is 0 Å². The average Bonchev–Trinajstić information content (AvgIpc) is 3.09. The molecule has 1 aromatic rings. The molecule has 0 heterocycles. The fraction of sp³-hybridized carbons (Fsp3) is 0.538. The van der Waals surface area contributed by atoms with E-state index in [9.17, 15) is 0 Å². The molecule has 15 heavy (non-hydrogen) atoms. The molecule has 0 saturated heterocycles. The molecule has 1 N–H and O–H groups in total. The first kappa shape index (κ1) is 10.3. The molecule has 0 spiro atoms. The Hall–Kier alpha value is -1.18. The average molecular weight is 205 g/mol. The van der Waals surface area contributed by atoms with Gasteiger partial charge in [0.2, 0.25) is 0 Å². The van der Waals surface area contributed by atoms with Crippen molar-refractivity contribution in [1.82, 2.24) is 0 Å². The first-order valence-corrected chi connectivity index (χ1v) is 5.85. The van der Waals surface area contributed by atoms with E-state index in [1.54, 1.807) is 0 Å². The molecule has 0 aliphatic heterocycles. The molecule has 0 atom stereocenters. The quantitative estimate of drug-likeness (QED) is 0.769. The second-order valence-electron chi connectivity index (χ2n) is 4.20. The maximum absolute atomic E-state index is 5.52. The van der Waals surface area contributed by atoms with E-state index in [4.69, 9.17) is 4.74 Å². The minimum Gasteiger partial charge on any atom is -0.494 e. The molecule has 1 fully saturated rings. The zero-order valence-corrected chi connectivity index (χ0v) is 9.33. The Morgan fingerprint density at radius 3 is 2.60 bits per heavy atom. The predicted octanol–water partition coefficient (Wildman–Crippen LogP) is 3.30. The van der Waals surface area contributed by atoms with Crippen molar-refractivity contribution >= 4 is 5.69 Å². The maximum Gasteiger partial charge on any atom is 0.119 e. The lowest BCUT2D eigenvalue weighted by Gasteiger charge is -2.07. The third-order valence-electron chi connectivity index (χ3n) is 2.62. The first-order chi connectivity index (χ1) is 7.38. The topological polar surface area (TPSA) is 21.3 Å². The molecule has 1 aliphatic carbocycles. The van der Waals surface area contributed by atoms with Crippen LogP contribution in [0.2, 0.25) is 0 Å². The fourth-order valence-corrected chi connectivity index (χ4v) is 1.47. The van der Waals surface area contributed by atoms with Crippen LogP contribution in [0, 0.1) is 5.92 Å². The maximum atomic E-state index is 5.52. The van der Waals surface area contributed by atoms with Crippen LogP contribution >= 0.6 is 0 Å². The van der Waals surface area contributed by atoms with E-state index >= 15 is 0 Å². The molecule has 0 unspecified atom stereocenters. The Kier molecular flexibility index (Phi) is 3.49. The van der Waals surface area contributed by atoms with Gasteiger partial charge in [-0.1, -0.05) is 6.92 Å². The number of hydrogen-bond donors (Lipinski definition) is 1. The Balaban J connectivity index is 1.79. The fourth-order valence-electron chi connectivity index (χ4n) is 1.47. The molecule has 2 nitrogen and oxygen atoms in total. The smallest absolute Gasteiger partial charge is 0.119 e. The monoisotopic (exact) mass is 205 g/mol. The summed E-state index contributed by atoms with van der Waals surface area (Å²) in [5.41, 5.74) is 1.20. The summed E-state index contributed by atoms with van der Waals surface area (Å²) < 4.78 is 5.52. The summed E-state index contributed by atoms with van der Waals surface area (Å²) >= 11 is 0. The predicted molar refractivity (Wildman–Crippen MR) is 63.4 cm³/mol.